The van der Waals surface area contributed by atoms with Gasteiger partial charge < -0.3 is 4.74 Å². The Bertz CT molecular complexity index is 254. The largest absolute Gasteiger partial charge is 0.487 e. The molecule has 0 aromatic carbocycles. The van der Waals surface area contributed by atoms with Crippen LogP contribution >= 0.6 is 12.2 Å². The van der Waals surface area contributed by atoms with Crippen LogP contribution in [0, 0.1) is 0 Å². The molecule has 0 aliphatic heterocycles. The Hall–Kier alpha value is -0.320. The highest BCUT2D eigenvalue weighted by Gasteiger charge is 2.25. The van der Waals surface area contributed by atoms with E-state index in [1.165, 1.54) is 32.1 Å². The number of ether oxygens (including phenoxy) is 1. The van der Waals surface area contributed by atoms with Gasteiger partial charge >= 0.3 is 6.18 Å². The van der Waals surface area contributed by atoms with Crippen molar-refractivity contribution >= 4 is 17.3 Å². The maximum Gasteiger partial charge on any atom is 0.389 e. The summed E-state index contributed by atoms with van der Waals surface area (Å²) in [5.41, 5.74) is 0. The average Bonchev–Trinajstić information content (AvgIpc) is 2.37. The van der Waals surface area contributed by atoms with E-state index >= 15 is 0 Å². The molecular formula is C16H29F3OS. The molecule has 0 aromatic rings. The fourth-order valence-corrected chi connectivity index (χ4v) is 2.32. The van der Waals surface area contributed by atoms with E-state index in [9.17, 15) is 13.2 Å². The monoisotopic (exact) mass is 326 g/mol. The van der Waals surface area contributed by atoms with Gasteiger partial charge in [0.25, 0.3) is 0 Å². The smallest absolute Gasteiger partial charge is 0.389 e. The van der Waals surface area contributed by atoms with E-state index in [0.717, 1.165) is 32.3 Å². The average molecular weight is 326 g/mol. The molecule has 0 saturated carbocycles. The number of hydrogen-bond acceptors (Lipinski definition) is 2. The van der Waals surface area contributed by atoms with Crippen LogP contribution in [0.5, 0.6) is 0 Å². The van der Waals surface area contributed by atoms with Gasteiger partial charge in [-0.25, -0.2) is 0 Å². The van der Waals surface area contributed by atoms with E-state index in [0.29, 0.717) is 11.5 Å². The maximum atomic E-state index is 11.9. The molecular weight excluding hydrogens is 297 g/mol. The van der Waals surface area contributed by atoms with Crippen LogP contribution in [0.1, 0.15) is 84.0 Å². The highest BCUT2D eigenvalue weighted by molar-refractivity contribution is 7.80. The van der Waals surface area contributed by atoms with Gasteiger partial charge in [0.15, 0.2) is 5.05 Å². The van der Waals surface area contributed by atoms with Crippen LogP contribution in [0.3, 0.4) is 0 Å². The molecule has 0 atom stereocenters. The van der Waals surface area contributed by atoms with Crippen LogP contribution in [-0.2, 0) is 4.74 Å². The summed E-state index contributed by atoms with van der Waals surface area (Å²) in [5, 5.41) is 0.616. The van der Waals surface area contributed by atoms with Gasteiger partial charge in [-0.15, -0.1) is 0 Å². The second kappa shape index (κ2) is 13.4. The summed E-state index contributed by atoms with van der Waals surface area (Å²) >= 11 is 4.82. The van der Waals surface area contributed by atoms with Crippen LogP contribution in [0.4, 0.5) is 13.2 Å². The molecule has 0 amide bonds. The Morgan fingerprint density at radius 2 is 1.14 bits per heavy atom. The quantitative estimate of drug-likeness (QED) is 0.279. The zero-order valence-electron chi connectivity index (χ0n) is 13.1. The highest BCUT2D eigenvalue weighted by atomic mass is 32.1. The number of alkyl halides is 3. The molecule has 1 nitrogen and oxygen atoms in total. The summed E-state index contributed by atoms with van der Waals surface area (Å²) in [6.45, 7) is 2.52. The molecule has 0 radical (unpaired) electrons. The van der Waals surface area contributed by atoms with Crippen LogP contribution in [0.2, 0.25) is 0 Å². The lowest BCUT2D eigenvalue weighted by Crippen LogP contribution is -2.06. The second-order valence-electron chi connectivity index (χ2n) is 5.59. The van der Waals surface area contributed by atoms with Crippen LogP contribution < -0.4 is 0 Å². The number of thiocarbonyl (C=S) groups is 1. The van der Waals surface area contributed by atoms with E-state index in [2.05, 4.69) is 0 Å². The number of rotatable bonds is 13. The van der Waals surface area contributed by atoms with Gasteiger partial charge in [-0.05, 0) is 25.1 Å². The molecule has 0 unspecified atom stereocenters. The van der Waals surface area contributed by atoms with Crippen molar-refractivity contribution in [2.24, 2.45) is 0 Å². The Balaban J connectivity index is 3.04. The minimum atomic E-state index is -3.98. The van der Waals surface area contributed by atoms with Crippen molar-refractivity contribution in [2.45, 2.75) is 90.1 Å². The SMILES string of the molecule is CC(=S)OCCCCCCCCCCCCCC(F)(F)F. The molecule has 0 bridgehead atoms. The van der Waals surface area contributed by atoms with Crippen molar-refractivity contribution < 1.29 is 17.9 Å². The summed E-state index contributed by atoms with van der Waals surface area (Å²) in [6, 6.07) is 0. The van der Waals surface area contributed by atoms with Gasteiger partial charge in [-0.1, -0.05) is 57.8 Å². The third-order valence-electron chi connectivity index (χ3n) is 3.41. The topological polar surface area (TPSA) is 9.23 Å². The van der Waals surface area contributed by atoms with E-state index in [4.69, 9.17) is 17.0 Å². The first-order valence-corrected chi connectivity index (χ1v) is 8.53. The maximum absolute atomic E-state index is 11.9. The van der Waals surface area contributed by atoms with Crippen molar-refractivity contribution in [3.05, 3.63) is 0 Å². The van der Waals surface area contributed by atoms with E-state index in [1.54, 1.807) is 6.92 Å². The molecule has 0 spiro atoms. The zero-order valence-corrected chi connectivity index (χ0v) is 14.0. The van der Waals surface area contributed by atoms with Gasteiger partial charge in [0.2, 0.25) is 0 Å². The first-order chi connectivity index (χ1) is 9.92. The van der Waals surface area contributed by atoms with E-state index in [1.807, 2.05) is 0 Å². The van der Waals surface area contributed by atoms with Crippen molar-refractivity contribution in [3.63, 3.8) is 0 Å². The zero-order chi connectivity index (χ0) is 16.0. The van der Waals surface area contributed by atoms with Gasteiger partial charge in [-0.2, -0.15) is 13.2 Å². The molecule has 126 valence electrons. The minimum absolute atomic E-state index is 0.284. The van der Waals surface area contributed by atoms with E-state index in [-0.39, 0.29) is 6.42 Å². The first-order valence-electron chi connectivity index (χ1n) is 8.12. The molecule has 0 N–H and O–H groups in total. The predicted molar refractivity (Wildman–Crippen MR) is 85.7 cm³/mol. The Kier molecular flexibility index (Phi) is 13.1. The molecule has 0 aliphatic rings. The van der Waals surface area contributed by atoms with Gasteiger partial charge in [-0.3, -0.25) is 0 Å². The molecule has 5 heteroatoms. The summed E-state index contributed by atoms with van der Waals surface area (Å²) in [6.07, 6.45) is 6.69. The molecule has 0 aromatic heterocycles. The van der Waals surface area contributed by atoms with Crippen molar-refractivity contribution in [3.8, 4) is 0 Å². The minimum Gasteiger partial charge on any atom is -0.487 e. The molecule has 0 aliphatic carbocycles. The summed E-state index contributed by atoms with van der Waals surface area (Å²) in [7, 11) is 0. The molecule has 21 heavy (non-hydrogen) atoms. The Morgan fingerprint density at radius 3 is 1.52 bits per heavy atom. The fraction of sp³-hybridized carbons (Fsp3) is 0.938. The standard InChI is InChI=1S/C16H29F3OS/c1-15(21)20-14-12-10-8-6-4-2-3-5-7-9-11-13-16(17,18)19/h2-14H2,1H3. The lowest BCUT2D eigenvalue weighted by Gasteiger charge is -2.06. The van der Waals surface area contributed by atoms with Crippen LogP contribution in [0.25, 0.3) is 0 Å². The van der Waals surface area contributed by atoms with Crippen molar-refractivity contribution in [1.82, 2.24) is 0 Å². The van der Waals surface area contributed by atoms with Crippen LogP contribution in [0.15, 0.2) is 0 Å². The molecule has 0 saturated heterocycles. The number of halogens is 3. The second-order valence-corrected chi connectivity index (χ2v) is 6.17. The third-order valence-corrected chi connectivity index (χ3v) is 3.53. The summed E-state index contributed by atoms with van der Waals surface area (Å²) < 4.78 is 40.9. The molecule has 0 rings (SSSR count). The Morgan fingerprint density at radius 1 is 0.762 bits per heavy atom. The lowest BCUT2D eigenvalue weighted by atomic mass is 10.1. The fourth-order valence-electron chi connectivity index (χ4n) is 2.23. The summed E-state index contributed by atoms with van der Waals surface area (Å²) in [4.78, 5) is 0. The number of hydrogen-bond donors (Lipinski definition) is 0. The number of unbranched alkanes of at least 4 members (excludes halogenated alkanes) is 10. The molecule has 0 heterocycles. The van der Waals surface area contributed by atoms with Crippen molar-refractivity contribution in [1.29, 1.82) is 0 Å². The predicted octanol–water partition coefficient (Wildman–Crippen LogP) is 6.59. The van der Waals surface area contributed by atoms with Gasteiger partial charge in [0, 0.05) is 13.3 Å². The highest BCUT2D eigenvalue weighted by Crippen LogP contribution is 2.23. The third kappa shape index (κ3) is 19.7. The normalized spacial score (nSPS) is 11.6. The Labute approximate surface area is 132 Å². The lowest BCUT2D eigenvalue weighted by molar-refractivity contribution is -0.135. The van der Waals surface area contributed by atoms with Crippen LogP contribution in [-0.4, -0.2) is 17.8 Å². The first kappa shape index (κ1) is 20.7. The van der Waals surface area contributed by atoms with Gasteiger partial charge in [0.05, 0.1) is 6.61 Å². The summed E-state index contributed by atoms with van der Waals surface area (Å²) in [5.74, 6) is 0. The van der Waals surface area contributed by atoms with E-state index < -0.39 is 12.6 Å². The van der Waals surface area contributed by atoms with Crippen molar-refractivity contribution in [2.75, 3.05) is 6.61 Å². The molecule has 0 fully saturated rings. The van der Waals surface area contributed by atoms with Gasteiger partial charge in [0.1, 0.15) is 0 Å².